The summed E-state index contributed by atoms with van der Waals surface area (Å²) in [6.45, 7) is 12.4. The standard InChI is InChI=1S/C18H32N4OS.HI/c1-6-23-14-8-11-22(12-9-14)17(19-5)20-10-7-16-21-15(13-24-16)18(2,3)4;/h13-14H,6-12H2,1-5H3,(H,19,20);1H. The lowest BCUT2D eigenvalue weighted by molar-refractivity contribution is 0.0264. The van der Waals surface area contributed by atoms with Crippen LogP contribution < -0.4 is 5.32 Å². The Labute approximate surface area is 173 Å². The van der Waals surface area contributed by atoms with Gasteiger partial charge in [0.15, 0.2) is 5.96 Å². The summed E-state index contributed by atoms with van der Waals surface area (Å²) in [5.41, 5.74) is 1.31. The van der Waals surface area contributed by atoms with Crippen LogP contribution in [0.25, 0.3) is 0 Å². The van der Waals surface area contributed by atoms with Gasteiger partial charge in [-0.1, -0.05) is 20.8 Å². The smallest absolute Gasteiger partial charge is 0.193 e. The van der Waals surface area contributed by atoms with E-state index >= 15 is 0 Å². The molecule has 5 nitrogen and oxygen atoms in total. The van der Waals surface area contributed by atoms with Gasteiger partial charge in [0.2, 0.25) is 0 Å². The molecule has 1 aliphatic rings. The van der Waals surface area contributed by atoms with Gasteiger partial charge in [0.25, 0.3) is 0 Å². The first-order chi connectivity index (χ1) is 11.4. The van der Waals surface area contributed by atoms with Crippen molar-refractivity contribution in [1.29, 1.82) is 0 Å². The number of hydrogen-bond donors (Lipinski definition) is 1. The Kier molecular flexibility index (Phi) is 9.66. The van der Waals surface area contributed by atoms with E-state index in [0.717, 1.165) is 51.5 Å². The molecule has 0 atom stereocenters. The first-order valence-corrected chi connectivity index (χ1v) is 9.84. The largest absolute Gasteiger partial charge is 0.378 e. The van der Waals surface area contributed by atoms with Gasteiger partial charge in [-0.3, -0.25) is 4.99 Å². The van der Waals surface area contributed by atoms with Crippen LogP contribution in [0.2, 0.25) is 0 Å². The van der Waals surface area contributed by atoms with Crippen LogP contribution in [0, 0.1) is 0 Å². The SMILES string of the molecule is CCOC1CCN(C(=NC)NCCc2nc(C(C)(C)C)cs2)CC1.I. The van der Waals surface area contributed by atoms with Crippen LogP contribution in [0.15, 0.2) is 10.4 Å². The van der Waals surface area contributed by atoms with Gasteiger partial charge in [-0.15, -0.1) is 35.3 Å². The highest BCUT2D eigenvalue weighted by molar-refractivity contribution is 14.0. The van der Waals surface area contributed by atoms with Crippen molar-refractivity contribution in [3.05, 3.63) is 16.1 Å². The number of hydrogen-bond acceptors (Lipinski definition) is 4. The monoisotopic (exact) mass is 480 g/mol. The van der Waals surface area contributed by atoms with Crippen molar-refractivity contribution in [1.82, 2.24) is 15.2 Å². The highest BCUT2D eigenvalue weighted by atomic mass is 127. The van der Waals surface area contributed by atoms with Crippen LogP contribution in [-0.4, -0.2) is 55.2 Å². The number of rotatable bonds is 5. The minimum absolute atomic E-state index is 0. The third kappa shape index (κ3) is 7.02. The number of nitrogens with zero attached hydrogens (tertiary/aromatic N) is 3. The highest BCUT2D eigenvalue weighted by Crippen LogP contribution is 2.23. The molecule has 0 bridgehead atoms. The van der Waals surface area contributed by atoms with Gasteiger partial charge < -0.3 is 15.0 Å². The maximum absolute atomic E-state index is 5.72. The zero-order valence-electron chi connectivity index (χ0n) is 16.2. The molecule has 2 heterocycles. The maximum atomic E-state index is 5.72. The first kappa shape index (κ1) is 22.6. The molecule has 1 saturated heterocycles. The molecule has 1 aliphatic heterocycles. The molecular weight excluding hydrogens is 447 g/mol. The third-order valence-electron chi connectivity index (χ3n) is 4.30. The molecule has 2 rings (SSSR count). The number of aliphatic imine (C=N–C) groups is 1. The second-order valence-electron chi connectivity index (χ2n) is 7.24. The van der Waals surface area contributed by atoms with Crippen LogP contribution in [0.3, 0.4) is 0 Å². The van der Waals surface area contributed by atoms with Crippen molar-refractivity contribution in [3.63, 3.8) is 0 Å². The van der Waals surface area contributed by atoms with Crippen LogP contribution >= 0.6 is 35.3 Å². The Morgan fingerprint density at radius 1 is 1.40 bits per heavy atom. The quantitative estimate of drug-likeness (QED) is 0.397. The lowest BCUT2D eigenvalue weighted by Gasteiger charge is -2.34. The fourth-order valence-corrected chi connectivity index (χ4v) is 3.88. The number of ether oxygens (including phenoxy) is 1. The summed E-state index contributed by atoms with van der Waals surface area (Å²) in [6.07, 6.45) is 3.51. The first-order valence-electron chi connectivity index (χ1n) is 8.96. The van der Waals surface area contributed by atoms with Gasteiger partial charge in [0, 0.05) is 50.5 Å². The number of thiazole rings is 1. The van der Waals surface area contributed by atoms with Gasteiger partial charge in [-0.25, -0.2) is 4.98 Å². The fourth-order valence-electron chi connectivity index (χ4n) is 2.85. The van der Waals surface area contributed by atoms with Gasteiger partial charge in [0.05, 0.1) is 16.8 Å². The maximum Gasteiger partial charge on any atom is 0.193 e. The molecular formula is C18H33IN4OS. The van der Waals surface area contributed by atoms with E-state index in [9.17, 15) is 0 Å². The minimum atomic E-state index is 0. The summed E-state index contributed by atoms with van der Waals surface area (Å²) in [5, 5.41) is 6.86. The number of nitrogens with one attached hydrogen (secondary N) is 1. The fraction of sp³-hybridized carbons (Fsp3) is 0.778. The molecule has 0 radical (unpaired) electrons. The molecule has 7 heteroatoms. The van der Waals surface area contributed by atoms with Crippen molar-refractivity contribution in [3.8, 4) is 0 Å². The predicted octanol–water partition coefficient (Wildman–Crippen LogP) is 3.68. The number of aromatic nitrogens is 1. The van der Waals surface area contributed by atoms with Crippen molar-refractivity contribution < 1.29 is 4.74 Å². The normalized spacial score (nSPS) is 16.7. The average Bonchev–Trinajstić information content (AvgIpc) is 3.02. The lowest BCUT2D eigenvalue weighted by Crippen LogP contribution is -2.47. The summed E-state index contributed by atoms with van der Waals surface area (Å²) >= 11 is 1.76. The van der Waals surface area contributed by atoms with Gasteiger partial charge in [0.1, 0.15) is 0 Å². The van der Waals surface area contributed by atoms with Crippen LogP contribution in [0.4, 0.5) is 0 Å². The number of piperidine rings is 1. The Hall–Kier alpha value is -0.410. The van der Waals surface area contributed by atoms with Gasteiger partial charge >= 0.3 is 0 Å². The van der Waals surface area contributed by atoms with Crippen molar-refractivity contribution >= 4 is 41.3 Å². The summed E-state index contributed by atoms with van der Waals surface area (Å²) in [4.78, 5) is 11.5. The van der Waals surface area contributed by atoms with Crippen molar-refractivity contribution in [2.75, 3.05) is 33.3 Å². The highest BCUT2D eigenvalue weighted by Gasteiger charge is 2.21. The molecule has 0 aromatic carbocycles. The second-order valence-corrected chi connectivity index (χ2v) is 8.18. The predicted molar refractivity (Wildman–Crippen MR) is 118 cm³/mol. The number of likely N-dealkylation sites (tertiary alicyclic amines) is 1. The molecule has 0 saturated carbocycles. The van der Waals surface area contributed by atoms with Crippen LogP contribution in [0.1, 0.15) is 51.2 Å². The molecule has 1 aromatic rings. The van der Waals surface area contributed by atoms with Crippen LogP contribution in [0.5, 0.6) is 0 Å². The molecule has 0 amide bonds. The Morgan fingerprint density at radius 2 is 2.08 bits per heavy atom. The van der Waals surface area contributed by atoms with Crippen molar-refractivity contribution in [2.45, 2.75) is 58.5 Å². The van der Waals surface area contributed by atoms with E-state index in [2.05, 4.69) is 48.3 Å². The molecule has 1 aromatic heterocycles. The minimum Gasteiger partial charge on any atom is -0.378 e. The second kappa shape index (κ2) is 10.7. The Balaban J connectivity index is 0.00000312. The Morgan fingerprint density at radius 3 is 2.60 bits per heavy atom. The molecule has 144 valence electrons. The average molecular weight is 480 g/mol. The number of halogens is 1. The molecule has 0 aliphatic carbocycles. The zero-order valence-corrected chi connectivity index (χ0v) is 19.3. The van der Waals surface area contributed by atoms with E-state index < -0.39 is 0 Å². The third-order valence-corrected chi connectivity index (χ3v) is 5.21. The summed E-state index contributed by atoms with van der Waals surface area (Å²) in [6, 6.07) is 0. The van der Waals surface area contributed by atoms with E-state index in [1.54, 1.807) is 11.3 Å². The molecule has 25 heavy (non-hydrogen) atoms. The van der Waals surface area contributed by atoms with E-state index in [0.29, 0.717) is 6.10 Å². The van der Waals surface area contributed by atoms with E-state index in [4.69, 9.17) is 9.72 Å². The summed E-state index contributed by atoms with van der Waals surface area (Å²) in [7, 11) is 1.86. The summed E-state index contributed by atoms with van der Waals surface area (Å²) < 4.78 is 5.72. The van der Waals surface area contributed by atoms with Crippen molar-refractivity contribution in [2.24, 2.45) is 4.99 Å². The topological polar surface area (TPSA) is 49.8 Å². The molecule has 0 unspecified atom stereocenters. The van der Waals surface area contributed by atoms with E-state index in [-0.39, 0.29) is 29.4 Å². The van der Waals surface area contributed by atoms with E-state index in [1.165, 1.54) is 10.7 Å². The van der Waals surface area contributed by atoms with Gasteiger partial charge in [-0.2, -0.15) is 0 Å². The zero-order chi connectivity index (χ0) is 17.6. The number of guanidine groups is 1. The lowest BCUT2D eigenvalue weighted by atomic mass is 9.93. The van der Waals surface area contributed by atoms with E-state index in [1.807, 2.05) is 7.05 Å². The summed E-state index contributed by atoms with van der Waals surface area (Å²) in [5.74, 6) is 0.998. The molecule has 1 fully saturated rings. The molecule has 0 spiro atoms. The molecule has 1 N–H and O–H groups in total. The Bertz CT molecular complexity index is 533. The van der Waals surface area contributed by atoms with Gasteiger partial charge in [-0.05, 0) is 19.8 Å². The van der Waals surface area contributed by atoms with Crippen LogP contribution in [-0.2, 0) is 16.6 Å².